The molecule has 0 fully saturated rings. The minimum absolute atomic E-state index is 0.929. The van der Waals surface area contributed by atoms with Crippen LogP contribution in [-0.4, -0.2) is 0 Å². The number of halogens is 1. The van der Waals surface area contributed by atoms with Gasteiger partial charge in [0.1, 0.15) is 0 Å². The Kier molecular flexibility index (Phi) is 6.55. The van der Waals surface area contributed by atoms with Crippen molar-refractivity contribution in [1.82, 2.24) is 3.52 Å². The Balaban J connectivity index is 4.09. The van der Waals surface area contributed by atoms with Crippen LogP contribution < -0.4 is 3.52 Å². The van der Waals surface area contributed by atoms with Crippen LogP contribution in [0.3, 0.4) is 0 Å². The van der Waals surface area contributed by atoms with E-state index in [2.05, 4.69) is 53.4 Å². The largest absolute Gasteiger partial charge is 0.287 e. The van der Waals surface area contributed by atoms with E-state index in [0.717, 1.165) is 3.52 Å². The molecule has 0 aliphatic heterocycles. The van der Waals surface area contributed by atoms with E-state index in [-0.39, 0.29) is 0 Å². The first-order valence-electron chi connectivity index (χ1n) is 3.13. The van der Waals surface area contributed by atoms with Crippen LogP contribution in [0.5, 0.6) is 0 Å². The minimum atomic E-state index is 0.929. The van der Waals surface area contributed by atoms with E-state index in [1.807, 2.05) is 0 Å². The second-order valence-electron chi connectivity index (χ2n) is 1.22. The maximum absolute atomic E-state index is 6.85. The molecular formula is C10H2IN. The number of hydrogen-bond donors (Lipinski definition) is 1. The van der Waals surface area contributed by atoms with Crippen molar-refractivity contribution in [3.63, 3.8) is 0 Å². The molecule has 0 amide bonds. The Labute approximate surface area is 87.7 Å². The Bertz CT molecular complexity index is 441. The van der Waals surface area contributed by atoms with Crippen molar-refractivity contribution in [2.45, 2.75) is 0 Å². The second-order valence-corrected chi connectivity index (χ2v) is 1.70. The highest BCUT2D eigenvalue weighted by atomic mass is 127. The van der Waals surface area contributed by atoms with E-state index in [1.54, 1.807) is 22.9 Å². The average molecular weight is 265 g/mol. The van der Waals surface area contributed by atoms with Crippen LogP contribution in [0.2, 0.25) is 1.41 Å². The molecule has 0 aliphatic rings. The molecular weight excluding hydrogens is 261 g/mol. The SMILES string of the molecule is [3H]N(I)C#CC#CC#CC#CC#C. The zero-order valence-electron chi connectivity index (χ0n) is 6.90. The average Bonchev–Trinajstić information content (AvgIpc) is 2.09. The standard InChI is InChI=1S/C10H2IN/c1-2-3-4-5-6-7-8-9-10-12-11/h1,12H/i/hT. The van der Waals surface area contributed by atoms with Crippen molar-refractivity contribution >= 4 is 22.9 Å². The first-order chi connectivity index (χ1) is 6.27. The number of nitrogens with one attached hydrogen (secondary N) is 1. The predicted octanol–water partition coefficient (Wildman–Crippen LogP) is 0.530. The van der Waals surface area contributed by atoms with Gasteiger partial charge in [0, 0.05) is 29.7 Å². The summed E-state index contributed by atoms with van der Waals surface area (Å²) < 4.78 is 7.78. The summed E-state index contributed by atoms with van der Waals surface area (Å²) >= 11 is 1.70. The lowest BCUT2D eigenvalue weighted by atomic mass is 10.5. The quantitative estimate of drug-likeness (QED) is 0.291. The molecule has 0 saturated heterocycles. The van der Waals surface area contributed by atoms with Crippen LogP contribution in [0.15, 0.2) is 0 Å². The van der Waals surface area contributed by atoms with Crippen LogP contribution >= 0.6 is 22.9 Å². The van der Waals surface area contributed by atoms with Gasteiger partial charge in [0.05, 0.1) is 22.9 Å². The van der Waals surface area contributed by atoms with Gasteiger partial charge in [0.25, 0.3) is 0 Å². The molecule has 1 N–H and O–H groups in total. The summed E-state index contributed by atoms with van der Waals surface area (Å²) in [5.74, 6) is 18.9. The van der Waals surface area contributed by atoms with Gasteiger partial charge in [-0.3, -0.25) is 3.52 Å². The Morgan fingerprint density at radius 3 is 2.00 bits per heavy atom. The third-order valence-corrected chi connectivity index (χ3v) is 0.787. The highest BCUT2D eigenvalue weighted by molar-refractivity contribution is 14.1. The third-order valence-electron chi connectivity index (χ3n) is 0.545. The third kappa shape index (κ3) is 8.33. The highest BCUT2D eigenvalue weighted by Gasteiger charge is 1.55. The van der Waals surface area contributed by atoms with Gasteiger partial charge < -0.3 is 0 Å². The summed E-state index contributed by atoms with van der Waals surface area (Å²) in [7, 11) is 0. The predicted molar refractivity (Wildman–Crippen MR) is 57.1 cm³/mol. The Morgan fingerprint density at radius 2 is 1.50 bits per heavy atom. The van der Waals surface area contributed by atoms with Gasteiger partial charge in [-0.1, -0.05) is 0 Å². The number of rotatable bonds is 0. The molecule has 54 valence electrons. The van der Waals surface area contributed by atoms with E-state index < -0.39 is 0 Å². The lowest BCUT2D eigenvalue weighted by Crippen LogP contribution is -1.77. The molecule has 0 aromatic heterocycles. The lowest BCUT2D eigenvalue weighted by Gasteiger charge is -1.65. The molecule has 1 nitrogen and oxygen atoms in total. The van der Waals surface area contributed by atoms with Gasteiger partial charge in [-0.15, -0.1) is 6.42 Å². The molecule has 12 heavy (non-hydrogen) atoms. The van der Waals surface area contributed by atoms with Gasteiger partial charge in [-0.2, -0.15) is 0 Å². The molecule has 0 rings (SSSR count). The zero-order valence-corrected chi connectivity index (χ0v) is 8.06. The van der Waals surface area contributed by atoms with E-state index >= 15 is 0 Å². The van der Waals surface area contributed by atoms with Crippen molar-refractivity contribution in [3.05, 3.63) is 0 Å². The summed E-state index contributed by atoms with van der Waals surface area (Å²) in [6.45, 7) is 0. The molecule has 0 atom stereocenters. The van der Waals surface area contributed by atoms with Gasteiger partial charge in [0.15, 0.2) is 1.41 Å². The molecule has 2 heteroatoms. The van der Waals surface area contributed by atoms with E-state index in [4.69, 9.17) is 7.84 Å². The van der Waals surface area contributed by atoms with Crippen molar-refractivity contribution in [2.24, 2.45) is 0 Å². The maximum atomic E-state index is 6.85. The van der Waals surface area contributed by atoms with Gasteiger partial charge in [-0.05, 0) is 23.7 Å². The van der Waals surface area contributed by atoms with Crippen LogP contribution in [0, 0.1) is 59.8 Å². The lowest BCUT2D eigenvalue weighted by molar-refractivity contribution is 1.61. The van der Waals surface area contributed by atoms with E-state index in [0.29, 0.717) is 0 Å². The minimum Gasteiger partial charge on any atom is -0.287 e. The summed E-state index contributed by atoms with van der Waals surface area (Å²) in [6, 6.07) is 2.37. The van der Waals surface area contributed by atoms with Crippen molar-refractivity contribution in [1.29, 1.82) is 0 Å². The number of hydrogen-bond acceptors (Lipinski definition) is 1. The summed E-state index contributed by atoms with van der Waals surface area (Å²) in [6.07, 6.45) is 4.85. The fourth-order valence-electron chi connectivity index (χ4n) is 0.241. The molecule has 0 radical (unpaired) electrons. The van der Waals surface area contributed by atoms with Gasteiger partial charge in [-0.25, -0.2) is 0 Å². The molecule has 0 saturated carbocycles. The van der Waals surface area contributed by atoms with Crippen molar-refractivity contribution in [2.75, 3.05) is 0 Å². The van der Waals surface area contributed by atoms with Gasteiger partial charge in [0.2, 0.25) is 0 Å². The fourth-order valence-corrected chi connectivity index (χ4v) is 0.362. The molecule has 0 bridgehead atoms. The van der Waals surface area contributed by atoms with Crippen LogP contribution in [-0.2, 0) is 0 Å². The topological polar surface area (TPSA) is 12.0 Å². The molecule has 0 aliphatic carbocycles. The van der Waals surface area contributed by atoms with Crippen LogP contribution in [0.4, 0.5) is 0 Å². The second kappa shape index (κ2) is 9.33. The van der Waals surface area contributed by atoms with E-state index in [1.165, 1.54) is 0 Å². The molecule has 0 aromatic carbocycles. The fraction of sp³-hybridized carbons (Fsp3) is 0. The summed E-state index contributed by atoms with van der Waals surface area (Å²) in [5, 5.41) is 0. The molecule has 0 heterocycles. The smallest absolute Gasteiger partial charge is 0.183 e. The zero-order chi connectivity index (χ0) is 9.94. The molecule has 0 spiro atoms. The highest BCUT2D eigenvalue weighted by Crippen LogP contribution is 1.60. The maximum Gasteiger partial charge on any atom is 0.183 e. The first kappa shape index (κ1) is 8.43. The van der Waals surface area contributed by atoms with Crippen LogP contribution in [0.1, 0.15) is 0 Å². The normalized spacial score (nSPS) is 5.17. The monoisotopic (exact) mass is 265 g/mol. The van der Waals surface area contributed by atoms with Gasteiger partial charge >= 0.3 is 0 Å². The van der Waals surface area contributed by atoms with Crippen molar-refractivity contribution in [3.8, 4) is 59.8 Å². The summed E-state index contributed by atoms with van der Waals surface area (Å²) in [5.41, 5.74) is 0. The summed E-state index contributed by atoms with van der Waals surface area (Å²) in [4.78, 5) is 0. The molecule has 0 unspecified atom stereocenters. The Morgan fingerprint density at radius 1 is 1.00 bits per heavy atom. The first-order valence-corrected chi connectivity index (χ1v) is 3.65. The molecule has 0 aromatic rings. The number of terminal acetylenes is 1. The Hall–Kier alpha value is -1.67. The van der Waals surface area contributed by atoms with E-state index in [9.17, 15) is 0 Å². The van der Waals surface area contributed by atoms with Crippen LogP contribution in [0.25, 0.3) is 0 Å². The van der Waals surface area contributed by atoms with Crippen molar-refractivity contribution < 1.29 is 1.41 Å².